The molecule has 0 amide bonds. The second-order valence-electron chi connectivity index (χ2n) is 1.22. The number of hydrogen-bond donors (Lipinski definition) is 0. The van der Waals surface area contributed by atoms with Crippen LogP contribution in [0.15, 0.2) is 0 Å². The molecule has 0 radical (unpaired) electrons. The van der Waals surface area contributed by atoms with Gasteiger partial charge in [-0.15, -0.1) is 0 Å². The summed E-state index contributed by atoms with van der Waals surface area (Å²) in [4.78, 5) is 0. The molecular weight excluding hydrogens is 103 g/mol. The van der Waals surface area contributed by atoms with E-state index in [-0.39, 0.29) is 37.3 Å². The van der Waals surface area contributed by atoms with Crippen molar-refractivity contribution >= 4 is 0 Å². The molecule has 1 aliphatic rings. The Morgan fingerprint density at radius 1 is 2.00 bits per heavy atom. The molecule has 1 aliphatic heterocycles. The summed E-state index contributed by atoms with van der Waals surface area (Å²) in [6, 6.07) is 0. The fraction of sp³-hybridized carbons (Fsp3) is 1.00. The zero-order chi connectivity index (χ0) is 4.41. The molecule has 0 bridgehead atoms. The van der Waals surface area contributed by atoms with Gasteiger partial charge in [-0.05, 0) is 6.92 Å². The van der Waals surface area contributed by atoms with Crippen LogP contribution in [0.25, 0.3) is 0 Å². The van der Waals surface area contributed by atoms with Crippen LogP contribution in [0, 0.1) is 0 Å². The average molecular weight is 112 g/mol. The minimum atomic E-state index is 0. The summed E-state index contributed by atoms with van der Waals surface area (Å²) in [6.07, 6.45) is 0.148. The van der Waals surface area contributed by atoms with Crippen LogP contribution in [0.1, 0.15) is 8.35 Å². The third-order valence-electron chi connectivity index (χ3n) is 0.655. The van der Waals surface area contributed by atoms with Gasteiger partial charge in [-0.2, -0.15) is 0 Å². The van der Waals surface area contributed by atoms with Crippen LogP contribution < -0.4 is 29.6 Å². The van der Waals surface area contributed by atoms with Gasteiger partial charge in [0.05, 0.1) is 0 Å². The van der Waals surface area contributed by atoms with E-state index >= 15 is 0 Å². The molecule has 38 valence electrons. The Morgan fingerprint density at radius 2 is 2.57 bits per heavy atom. The van der Waals surface area contributed by atoms with Crippen molar-refractivity contribution in [3.05, 3.63) is 0 Å². The summed E-state index contributed by atoms with van der Waals surface area (Å²) in [5.41, 5.74) is 0. The fourth-order valence-corrected chi connectivity index (χ4v) is 0.321. The van der Waals surface area contributed by atoms with E-state index in [0.717, 1.165) is 13.2 Å². The second kappa shape index (κ2) is 3.87. The zero-order valence-electron chi connectivity index (χ0n) is 5.81. The summed E-state index contributed by atoms with van der Waals surface area (Å²) < 4.78 is 9.66. The van der Waals surface area contributed by atoms with Crippen LogP contribution in [0.5, 0.6) is 0 Å². The Morgan fingerprint density at radius 3 is 2.71 bits per heavy atom. The van der Waals surface area contributed by atoms with Gasteiger partial charge in [0.15, 0.2) is 6.29 Å². The number of epoxide rings is 1. The van der Waals surface area contributed by atoms with Crippen molar-refractivity contribution in [1.29, 1.82) is 0 Å². The van der Waals surface area contributed by atoms with Crippen molar-refractivity contribution in [2.75, 3.05) is 13.2 Å². The summed E-state index contributed by atoms with van der Waals surface area (Å²) >= 11 is 0. The second-order valence-corrected chi connectivity index (χ2v) is 1.22. The molecule has 1 saturated heterocycles. The van der Waals surface area contributed by atoms with Gasteiger partial charge in [-0.25, -0.2) is 0 Å². The predicted molar refractivity (Wildman–Crippen MR) is 22.5 cm³/mol. The molecule has 2 nitrogen and oxygen atoms in total. The SMILES string of the molecule is CCOC1CO1.[H-].[Na+]. The van der Waals surface area contributed by atoms with Crippen molar-refractivity contribution in [2.45, 2.75) is 13.2 Å². The Bertz CT molecular complexity index is 49.3. The molecule has 7 heavy (non-hydrogen) atoms. The van der Waals surface area contributed by atoms with E-state index in [4.69, 9.17) is 9.47 Å². The van der Waals surface area contributed by atoms with Gasteiger partial charge in [0.1, 0.15) is 6.61 Å². The predicted octanol–water partition coefficient (Wildman–Crippen LogP) is -2.50. The largest absolute Gasteiger partial charge is 1.00 e. The standard InChI is InChI=1S/C4H8O2.Na.H/c1-2-5-4-3-6-4;;/h4H,2-3H2,1H3;;/q;+1;-1. The maximum atomic E-state index is 4.93. The smallest absolute Gasteiger partial charge is 1.00 e. The number of hydrogen-bond acceptors (Lipinski definition) is 2. The topological polar surface area (TPSA) is 21.8 Å². The molecule has 1 fully saturated rings. The first-order chi connectivity index (χ1) is 2.93. The molecule has 0 aromatic heterocycles. The Labute approximate surface area is 67.0 Å². The van der Waals surface area contributed by atoms with Crippen molar-refractivity contribution in [1.82, 2.24) is 0 Å². The van der Waals surface area contributed by atoms with E-state index < -0.39 is 0 Å². The van der Waals surface area contributed by atoms with Crippen LogP contribution in [-0.4, -0.2) is 19.5 Å². The van der Waals surface area contributed by atoms with Gasteiger partial charge in [-0.1, -0.05) is 0 Å². The molecule has 0 aliphatic carbocycles. The van der Waals surface area contributed by atoms with Gasteiger partial charge in [0.25, 0.3) is 0 Å². The number of ether oxygens (including phenoxy) is 2. The van der Waals surface area contributed by atoms with Crippen LogP contribution >= 0.6 is 0 Å². The normalized spacial score (nSPS) is 26.1. The molecule has 1 rings (SSSR count). The van der Waals surface area contributed by atoms with E-state index in [0.29, 0.717) is 0 Å². The first-order valence-electron chi connectivity index (χ1n) is 2.16. The molecule has 1 heterocycles. The monoisotopic (exact) mass is 112 g/mol. The maximum absolute atomic E-state index is 4.93. The third kappa shape index (κ3) is 3.50. The molecular formula is C4H9NaO2. The molecule has 0 aromatic carbocycles. The number of rotatable bonds is 2. The van der Waals surface area contributed by atoms with Gasteiger partial charge in [-0.3, -0.25) is 0 Å². The van der Waals surface area contributed by atoms with Crippen molar-refractivity contribution in [3.63, 3.8) is 0 Å². The van der Waals surface area contributed by atoms with E-state index in [1.54, 1.807) is 0 Å². The van der Waals surface area contributed by atoms with Crippen LogP contribution in [0.2, 0.25) is 0 Å². The average Bonchev–Trinajstić information content (AvgIpc) is 2.21. The molecule has 0 saturated carbocycles. The Kier molecular flexibility index (Phi) is 4.37. The molecule has 0 N–H and O–H groups in total. The first-order valence-corrected chi connectivity index (χ1v) is 2.16. The molecule has 0 aromatic rings. The zero-order valence-corrected chi connectivity index (χ0v) is 6.81. The third-order valence-corrected chi connectivity index (χ3v) is 0.655. The molecule has 1 atom stereocenters. The summed E-state index contributed by atoms with van der Waals surface area (Å²) in [7, 11) is 0. The van der Waals surface area contributed by atoms with Gasteiger partial charge in [0, 0.05) is 6.61 Å². The summed E-state index contributed by atoms with van der Waals surface area (Å²) in [5.74, 6) is 0. The van der Waals surface area contributed by atoms with Crippen molar-refractivity contribution in [3.8, 4) is 0 Å². The minimum absolute atomic E-state index is 0. The van der Waals surface area contributed by atoms with Crippen LogP contribution in [0.4, 0.5) is 0 Å². The van der Waals surface area contributed by atoms with Crippen LogP contribution in [-0.2, 0) is 9.47 Å². The van der Waals surface area contributed by atoms with Crippen molar-refractivity contribution in [2.24, 2.45) is 0 Å². The Balaban J connectivity index is 0. The van der Waals surface area contributed by atoms with Gasteiger partial charge in [0.2, 0.25) is 0 Å². The van der Waals surface area contributed by atoms with Crippen molar-refractivity contribution < 1.29 is 40.5 Å². The summed E-state index contributed by atoms with van der Waals surface area (Å²) in [5, 5.41) is 0. The van der Waals surface area contributed by atoms with Gasteiger partial charge >= 0.3 is 29.6 Å². The minimum Gasteiger partial charge on any atom is -1.00 e. The van der Waals surface area contributed by atoms with E-state index in [2.05, 4.69) is 0 Å². The maximum Gasteiger partial charge on any atom is 1.00 e. The van der Waals surface area contributed by atoms with E-state index in [1.807, 2.05) is 6.92 Å². The van der Waals surface area contributed by atoms with Gasteiger partial charge < -0.3 is 10.9 Å². The summed E-state index contributed by atoms with van der Waals surface area (Å²) in [6.45, 7) is 3.53. The fourth-order valence-electron chi connectivity index (χ4n) is 0.321. The van der Waals surface area contributed by atoms with E-state index in [1.165, 1.54) is 0 Å². The van der Waals surface area contributed by atoms with E-state index in [9.17, 15) is 0 Å². The first kappa shape index (κ1) is 7.92. The molecule has 1 unspecified atom stereocenters. The quantitative estimate of drug-likeness (QED) is 0.291. The Hall–Kier alpha value is 0.920. The van der Waals surface area contributed by atoms with Crippen LogP contribution in [0.3, 0.4) is 0 Å². The molecule has 0 spiro atoms. The molecule has 3 heteroatoms.